The first-order valence-corrected chi connectivity index (χ1v) is 2.75. The highest BCUT2D eigenvalue weighted by molar-refractivity contribution is 6.58. The summed E-state index contributed by atoms with van der Waals surface area (Å²) >= 11 is 0. The van der Waals surface area contributed by atoms with Gasteiger partial charge in [0.1, 0.15) is 0 Å². The molecule has 0 rings (SSSR count). The van der Waals surface area contributed by atoms with Gasteiger partial charge in [-0.15, -0.1) is 0 Å². The number of amidine groups is 1. The third-order valence-electron chi connectivity index (χ3n) is 0.960. The fourth-order valence-electron chi connectivity index (χ4n) is 0.346. The van der Waals surface area contributed by atoms with Gasteiger partial charge in [-0.2, -0.15) is 0 Å². The Morgan fingerprint density at radius 2 is 2.38 bits per heavy atom. The summed E-state index contributed by atoms with van der Waals surface area (Å²) in [5.41, 5.74) is 5.28. The van der Waals surface area contributed by atoms with E-state index < -0.39 is 0 Å². The number of nitrogens with zero attached hydrogens (tertiary/aromatic N) is 1. The van der Waals surface area contributed by atoms with E-state index in [1.165, 1.54) is 0 Å². The van der Waals surface area contributed by atoms with Crippen molar-refractivity contribution in [3.63, 3.8) is 0 Å². The monoisotopic (exact) mass is 110 g/mol. The first-order chi connectivity index (χ1) is 3.66. The fourth-order valence-corrected chi connectivity index (χ4v) is 0.346. The minimum absolute atomic E-state index is 0.180. The Kier molecular flexibility index (Phi) is 3.32. The van der Waals surface area contributed by atoms with Crippen molar-refractivity contribution in [2.24, 2.45) is 10.7 Å². The summed E-state index contributed by atoms with van der Waals surface area (Å²) in [5.74, 6) is 0. The van der Waals surface area contributed by atoms with Crippen LogP contribution in [0.4, 0.5) is 0 Å². The Bertz CT molecular complexity index is 86.4. The molecule has 2 N–H and O–H groups in total. The molecular weight excluding hydrogens is 98.9 g/mol. The third kappa shape index (κ3) is 3.72. The van der Waals surface area contributed by atoms with Crippen molar-refractivity contribution in [2.45, 2.75) is 26.3 Å². The largest absolute Gasteiger partial charge is 0.397 e. The van der Waals surface area contributed by atoms with Crippen LogP contribution in [0.2, 0.25) is 0 Å². The van der Waals surface area contributed by atoms with Gasteiger partial charge in [0.25, 0.3) is 0 Å². The normalized spacial score (nSPS) is 16.0. The Labute approximate surface area is 51.6 Å². The van der Waals surface area contributed by atoms with Gasteiger partial charge in [-0.05, 0) is 13.3 Å². The molecule has 0 aliphatic rings. The lowest BCUT2D eigenvalue weighted by Crippen LogP contribution is -2.14. The highest BCUT2D eigenvalue weighted by atomic mass is 14.8. The molecule has 0 spiro atoms. The van der Waals surface area contributed by atoms with Crippen LogP contribution in [0.25, 0.3) is 0 Å². The highest BCUT2D eigenvalue weighted by Gasteiger charge is 1.90. The summed E-state index contributed by atoms with van der Waals surface area (Å²) in [4.78, 5) is 3.87. The van der Waals surface area contributed by atoms with Crippen molar-refractivity contribution < 1.29 is 0 Å². The predicted molar refractivity (Wildman–Crippen MR) is 37.1 cm³/mol. The van der Waals surface area contributed by atoms with E-state index in [4.69, 9.17) is 13.6 Å². The van der Waals surface area contributed by atoms with Crippen molar-refractivity contribution in [3.05, 3.63) is 0 Å². The molecule has 0 aromatic rings. The quantitative estimate of drug-likeness (QED) is 0.309. The van der Waals surface area contributed by atoms with E-state index in [-0.39, 0.29) is 11.8 Å². The molecule has 1 atom stereocenters. The van der Waals surface area contributed by atoms with Gasteiger partial charge < -0.3 is 5.73 Å². The lowest BCUT2D eigenvalue weighted by atomic mass is 10.1. The van der Waals surface area contributed by atoms with Crippen LogP contribution >= 0.6 is 0 Å². The van der Waals surface area contributed by atoms with Gasteiger partial charge in [0.05, 0.1) is 0 Å². The number of hydrogen-bond donors (Lipinski definition) is 1. The van der Waals surface area contributed by atoms with Crippen molar-refractivity contribution in [2.75, 3.05) is 0 Å². The van der Waals surface area contributed by atoms with Crippen LogP contribution < -0.4 is 5.73 Å². The molecule has 0 fully saturated rings. The van der Waals surface area contributed by atoms with Crippen molar-refractivity contribution in [1.29, 1.82) is 0 Å². The standard InChI is InChI=1S/C5H11BN2/c1-3-4(2)8-5(6)7/h4H,3H2,1-2H3,(H2,7,8). The van der Waals surface area contributed by atoms with Crippen LogP contribution in [0, 0.1) is 0 Å². The van der Waals surface area contributed by atoms with Crippen LogP contribution in [0.15, 0.2) is 4.99 Å². The van der Waals surface area contributed by atoms with E-state index in [1.54, 1.807) is 0 Å². The van der Waals surface area contributed by atoms with Crippen molar-refractivity contribution >= 4 is 13.6 Å². The van der Waals surface area contributed by atoms with Crippen LogP contribution in [0.1, 0.15) is 20.3 Å². The second kappa shape index (κ2) is 3.53. The average Bonchev–Trinajstić information content (AvgIpc) is 1.65. The summed E-state index contributed by atoms with van der Waals surface area (Å²) in [5, 5.41) is 0. The van der Waals surface area contributed by atoms with E-state index in [0.29, 0.717) is 0 Å². The molecule has 0 aromatic carbocycles. The summed E-state index contributed by atoms with van der Waals surface area (Å²) in [6.45, 7) is 4.01. The number of aliphatic imine (C=N–C) groups is 1. The third-order valence-corrected chi connectivity index (χ3v) is 0.960. The van der Waals surface area contributed by atoms with E-state index in [2.05, 4.69) is 4.99 Å². The second-order valence-electron chi connectivity index (χ2n) is 1.81. The van der Waals surface area contributed by atoms with E-state index in [9.17, 15) is 0 Å². The molecule has 44 valence electrons. The fraction of sp³-hybridized carbons (Fsp3) is 0.800. The van der Waals surface area contributed by atoms with Crippen molar-refractivity contribution in [3.8, 4) is 0 Å². The molecule has 0 aliphatic heterocycles. The predicted octanol–water partition coefficient (Wildman–Crippen LogP) is 0.268. The molecule has 0 bridgehead atoms. The first kappa shape index (κ1) is 7.53. The molecule has 0 aromatic heterocycles. The molecule has 2 radical (unpaired) electrons. The first-order valence-electron chi connectivity index (χ1n) is 2.75. The van der Waals surface area contributed by atoms with Gasteiger partial charge in [-0.1, -0.05) is 6.92 Å². The zero-order valence-corrected chi connectivity index (χ0v) is 5.39. The smallest absolute Gasteiger partial charge is 0.165 e. The Balaban J connectivity index is 3.51. The van der Waals surface area contributed by atoms with Crippen LogP contribution in [-0.2, 0) is 0 Å². The average molecular weight is 110 g/mol. The Morgan fingerprint density at radius 1 is 1.88 bits per heavy atom. The summed E-state index contributed by atoms with van der Waals surface area (Å²) in [7, 11) is 5.10. The van der Waals surface area contributed by atoms with Gasteiger partial charge in [0.15, 0.2) is 7.85 Å². The SMILES string of the molecule is [B]C(N)=NC(C)CC. The van der Waals surface area contributed by atoms with Crippen LogP contribution in [-0.4, -0.2) is 19.6 Å². The lowest BCUT2D eigenvalue weighted by molar-refractivity contribution is 0.718. The Hall–Kier alpha value is -0.465. The van der Waals surface area contributed by atoms with Gasteiger partial charge in [0.2, 0.25) is 0 Å². The molecule has 3 heteroatoms. The van der Waals surface area contributed by atoms with Crippen LogP contribution in [0.3, 0.4) is 0 Å². The summed E-state index contributed by atoms with van der Waals surface area (Å²) in [6, 6.07) is 0.264. The molecule has 0 amide bonds. The molecule has 0 saturated heterocycles. The maximum Gasteiger partial charge on any atom is 0.165 e. The van der Waals surface area contributed by atoms with Gasteiger partial charge in [0, 0.05) is 11.8 Å². The molecule has 0 heterocycles. The number of nitrogens with two attached hydrogens (primary N) is 1. The second-order valence-corrected chi connectivity index (χ2v) is 1.81. The maximum atomic E-state index is 5.10. The lowest BCUT2D eigenvalue weighted by Gasteiger charge is -2.00. The topological polar surface area (TPSA) is 38.4 Å². The van der Waals surface area contributed by atoms with E-state index >= 15 is 0 Å². The van der Waals surface area contributed by atoms with Crippen molar-refractivity contribution in [1.82, 2.24) is 0 Å². The molecular formula is C5H11BN2. The molecule has 1 unspecified atom stereocenters. The van der Waals surface area contributed by atoms with Gasteiger partial charge in [-0.3, -0.25) is 4.99 Å². The number of rotatable bonds is 2. The molecule has 0 saturated carbocycles. The summed E-state index contributed by atoms with van der Waals surface area (Å²) < 4.78 is 0. The zero-order chi connectivity index (χ0) is 6.57. The van der Waals surface area contributed by atoms with E-state index in [1.807, 2.05) is 13.8 Å². The Morgan fingerprint density at radius 3 is 2.50 bits per heavy atom. The summed E-state index contributed by atoms with van der Waals surface area (Å²) in [6.07, 6.45) is 0.984. The maximum absolute atomic E-state index is 5.10. The van der Waals surface area contributed by atoms with Crippen LogP contribution in [0.5, 0.6) is 0 Å². The molecule has 0 aliphatic carbocycles. The van der Waals surface area contributed by atoms with Gasteiger partial charge >= 0.3 is 0 Å². The molecule has 8 heavy (non-hydrogen) atoms. The zero-order valence-electron chi connectivity index (χ0n) is 5.39. The van der Waals surface area contributed by atoms with E-state index in [0.717, 1.165) is 6.42 Å². The minimum Gasteiger partial charge on any atom is -0.397 e. The number of hydrogen-bond acceptors (Lipinski definition) is 1. The highest BCUT2D eigenvalue weighted by Crippen LogP contribution is 1.92. The molecule has 2 nitrogen and oxygen atoms in total. The van der Waals surface area contributed by atoms with Gasteiger partial charge in [-0.25, -0.2) is 0 Å². The minimum atomic E-state index is 0.180.